The van der Waals surface area contributed by atoms with Crippen LogP contribution in [0.3, 0.4) is 0 Å². The van der Waals surface area contributed by atoms with Gasteiger partial charge in [-0.3, -0.25) is 5.32 Å². The van der Waals surface area contributed by atoms with Gasteiger partial charge in [-0.1, -0.05) is 0 Å². The molecule has 0 spiro atoms. The fourth-order valence-corrected chi connectivity index (χ4v) is 0.874. The second-order valence-corrected chi connectivity index (χ2v) is 2.40. The van der Waals surface area contributed by atoms with E-state index in [1.54, 1.807) is 0 Å². The highest BCUT2D eigenvalue weighted by atomic mass is 15.1. The molecule has 2 N–H and O–H groups in total. The van der Waals surface area contributed by atoms with Crippen LogP contribution in [0.4, 0.5) is 0 Å². The molecule has 1 saturated heterocycles. The maximum atomic E-state index is 8.42. The molecule has 0 bridgehead atoms. The Labute approximate surface area is 55.1 Å². The molecule has 0 saturated carbocycles. The van der Waals surface area contributed by atoms with E-state index in [1.807, 2.05) is 0 Å². The van der Waals surface area contributed by atoms with Crippen LogP contribution >= 0.6 is 0 Å². The normalized spacial score (nSPS) is 35.6. The molecule has 1 aliphatic rings. The number of hydrogen-bond acceptors (Lipinski definition) is 3. The van der Waals surface area contributed by atoms with E-state index in [-0.39, 0.29) is 6.04 Å². The first-order valence-electron chi connectivity index (χ1n) is 3.19. The lowest BCUT2D eigenvalue weighted by Gasteiger charge is -2.24. The molecular weight excluding hydrogens is 114 g/mol. The summed E-state index contributed by atoms with van der Waals surface area (Å²) in [6.07, 6.45) is 0. The predicted octanol–water partition coefficient (Wildman–Crippen LogP) is -0.540. The number of nitrogens with one attached hydrogen (secondary N) is 2. The lowest BCUT2D eigenvalue weighted by atomic mass is 10.2. The van der Waals surface area contributed by atoms with Gasteiger partial charge in [-0.05, 0) is 6.92 Å². The Morgan fingerprint density at radius 3 is 2.67 bits per heavy atom. The Morgan fingerprint density at radius 2 is 2.22 bits per heavy atom. The highest BCUT2D eigenvalue weighted by Gasteiger charge is 2.14. The highest BCUT2D eigenvalue weighted by Crippen LogP contribution is 1.89. The van der Waals surface area contributed by atoms with Crippen LogP contribution in [0.2, 0.25) is 0 Å². The van der Waals surface area contributed by atoms with Crippen LogP contribution in [0.25, 0.3) is 0 Å². The molecule has 0 aromatic carbocycles. The molecule has 0 radical (unpaired) electrons. The summed E-state index contributed by atoms with van der Waals surface area (Å²) in [6.45, 7) is 3.77. The minimum atomic E-state index is 0.0150. The van der Waals surface area contributed by atoms with Gasteiger partial charge in [0.05, 0.1) is 6.07 Å². The third-order valence-corrected chi connectivity index (χ3v) is 1.50. The smallest absolute Gasteiger partial charge is 0.108 e. The Kier molecular flexibility index (Phi) is 2.04. The van der Waals surface area contributed by atoms with Crippen molar-refractivity contribution in [2.75, 3.05) is 13.1 Å². The second-order valence-electron chi connectivity index (χ2n) is 2.40. The van der Waals surface area contributed by atoms with E-state index in [2.05, 4.69) is 23.6 Å². The van der Waals surface area contributed by atoms with Crippen LogP contribution < -0.4 is 10.6 Å². The lowest BCUT2D eigenvalue weighted by molar-refractivity contribution is 0.402. The van der Waals surface area contributed by atoms with E-state index in [1.165, 1.54) is 0 Å². The van der Waals surface area contributed by atoms with Crippen molar-refractivity contribution < 1.29 is 0 Å². The molecule has 0 aliphatic carbocycles. The third kappa shape index (κ3) is 1.67. The zero-order valence-electron chi connectivity index (χ0n) is 5.52. The summed E-state index contributed by atoms with van der Waals surface area (Å²) in [5.41, 5.74) is 0. The van der Waals surface area contributed by atoms with Crippen molar-refractivity contribution in [2.24, 2.45) is 0 Å². The van der Waals surface area contributed by atoms with Gasteiger partial charge in [0.15, 0.2) is 0 Å². The Bertz CT molecular complexity index is 119. The van der Waals surface area contributed by atoms with Gasteiger partial charge in [0.25, 0.3) is 0 Å². The standard InChI is InChI=1S/C6H11N3/c1-5-3-9-6(2-7)4-8-5/h5-6,8-9H,3-4H2,1H3. The average molecular weight is 125 g/mol. The largest absolute Gasteiger partial charge is 0.310 e. The number of nitrogens with zero attached hydrogens (tertiary/aromatic N) is 1. The quantitative estimate of drug-likeness (QED) is 0.457. The van der Waals surface area contributed by atoms with Gasteiger partial charge in [0.1, 0.15) is 6.04 Å². The van der Waals surface area contributed by atoms with Gasteiger partial charge in [-0.15, -0.1) is 0 Å². The van der Waals surface area contributed by atoms with E-state index >= 15 is 0 Å². The van der Waals surface area contributed by atoms with Crippen LogP contribution in [0.5, 0.6) is 0 Å². The second kappa shape index (κ2) is 2.81. The van der Waals surface area contributed by atoms with Crippen molar-refractivity contribution in [1.82, 2.24) is 10.6 Å². The van der Waals surface area contributed by atoms with E-state index in [0.29, 0.717) is 6.04 Å². The molecule has 9 heavy (non-hydrogen) atoms. The molecule has 1 heterocycles. The van der Waals surface area contributed by atoms with Crippen LogP contribution in [-0.2, 0) is 0 Å². The van der Waals surface area contributed by atoms with Crippen LogP contribution in [0.1, 0.15) is 6.92 Å². The topological polar surface area (TPSA) is 47.9 Å². The van der Waals surface area contributed by atoms with Crippen molar-refractivity contribution in [3.05, 3.63) is 0 Å². The Morgan fingerprint density at radius 1 is 1.44 bits per heavy atom. The summed E-state index contributed by atoms with van der Waals surface area (Å²) < 4.78 is 0. The molecule has 0 aromatic rings. The van der Waals surface area contributed by atoms with Gasteiger partial charge in [-0.25, -0.2) is 0 Å². The van der Waals surface area contributed by atoms with Crippen molar-refractivity contribution in [3.8, 4) is 6.07 Å². The maximum absolute atomic E-state index is 8.42. The van der Waals surface area contributed by atoms with E-state index in [9.17, 15) is 0 Å². The first kappa shape index (κ1) is 6.53. The van der Waals surface area contributed by atoms with Crippen LogP contribution in [0.15, 0.2) is 0 Å². The van der Waals surface area contributed by atoms with Crippen LogP contribution in [-0.4, -0.2) is 25.2 Å². The maximum Gasteiger partial charge on any atom is 0.108 e. The van der Waals surface area contributed by atoms with Crippen LogP contribution in [0, 0.1) is 11.3 Å². The zero-order valence-corrected chi connectivity index (χ0v) is 5.52. The fourth-order valence-electron chi connectivity index (χ4n) is 0.874. The van der Waals surface area contributed by atoms with Gasteiger partial charge in [0.2, 0.25) is 0 Å². The van der Waals surface area contributed by atoms with E-state index < -0.39 is 0 Å². The molecule has 1 fully saturated rings. The molecule has 3 heteroatoms. The predicted molar refractivity (Wildman–Crippen MR) is 34.9 cm³/mol. The summed E-state index contributed by atoms with van der Waals surface area (Å²) in [4.78, 5) is 0. The first-order valence-corrected chi connectivity index (χ1v) is 3.19. The summed E-state index contributed by atoms with van der Waals surface area (Å²) in [5, 5.41) is 14.7. The molecule has 0 aromatic heterocycles. The number of nitriles is 1. The Hall–Kier alpha value is -0.590. The van der Waals surface area contributed by atoms with Crippen molar-refractivity contribution in [2.45, 2.75) is 19.0 Å². The summed E-state index contributed by atoms with van der Waals surface area (Å²) >= 11 is 0. The zero-order chi connectivity index (χ0) is 6.69. The SMILES string of the molecule is CC1CNC(C#N)CN1. The third-order valence-electron chi connectivity index (χ3n) is 1.50. The first-order chi connectivity index (χ1) is 4.33. The molecular formula is C6H11N3. The summed E-state index contributed by atoms with van der Waals surface area (Å²) in [5.74, 6) is 0. The van der Waals surface area contributed by atoms with Crippen molar-refractivity contribution in [3.63, 3.8) is 0 Å². The lowest BCUT2D eigenvalue weighted by Crippen LogP contribution is -2.52. The molecule has 50 valence electrons. The molecule has 3 nitrogen and oxygen atoms in total. The van der Waals surface area contributed by atoms with E-state index in [0.717, 1.165) is 13.1 Å². The molecule has 2 atom stereocenters. The average Bonchev–Trinajstić information content (AvgIpc) is 1.90. The van der Waals surface area contributed by atoms with Crippen molar-refractivity contribution >= 4 is 0 Å². The summed E-state index contributed by atoms with van der Waals surface area (Å²) in [6, 6.07) is 2.67. The van der Waals surface area contributed by atoms with Crippen molar-refractivity contribution in [1.29, 1.82) is 5.26 Å². The minimum absolute atomic E-state index is 0.0150. The monoisotopic (exact) mass is 125 g/mol. The highest BCUT2D eigenvalue weighted by molar-refractivity contribution is 4.95. The van der Waals surface area contributed by atoms with Gasteiger partial charge < -0.3 is 5.32 Å². The Balaban J connectivity index is 2.28. The molecule has 2 unspecified atom stereocenters. The number of piperazine rings is 1. The minimum Gasteiger partial charge on any atom is -0.310 e. The van der Waals surface area contributed by atoms with Gasteiger partial charge in [-0.2, -0.15) is 5.26 Å². The number of hydrogen-bond donors (Lipinski definition) is 2. The molecule has 1 aliphatic heterocycles. The van der Waals surface area contributed by atoms with Gasteiger partial charge in [0, 0.05) is 19.1 Å². The van der Waals surface area contributed by atoms with Gasteiger partial charge >= 0.3 is 0 Å². The van der Waals surface area contributed by atoms with E-state index in [4.69, 9.17) is 5.26 Å². The molecule has 0 amide bonds. The summed E-state index contributed by atoms with van der Waals surface area (Å²) in [7, 11) is 0. The molecule has 1 rings (SSSR count). The fraction of sp³-hybridized carbons (Fsp3) is 0.833. The number of rotatable bonds is 0.